The minimum atomic E-state index is -1.12. The summed E-state index contributed by atoms with van der Waals surface area (Å²) in [6.07, 6.45) is 10.3. The molecule has 0 amide bonds. The van der Waals surface area contributed by atoms with Crippen LogP contribution in [0.2, 0.25) is 0 Å². The van der Waals surface area contributed by atoms with E-state index in [1.165, 1.54) is 9.03 Å². The van der Waals surface area contributed by atoms with Crippen molar-refractivity contribution in [2.24, 2.45) is 11.8 Å². The van der Waals surface area contributed by atoms with E-state index in [1.807, 2.05) is 74.5 Å². The highest BCUT2D eigenvalue weighted by atomic mass is 32.2. The Morgan fingerprint density at radius 1 is 0.569 bits per heavy atom. The van der Waals surface area contributed by atoms with Gasteiger partial charge in [-0.3, -0.25) is 18.0 Å². The SMILES string of the molecule is C[C@](C(=O)CC1CCS(=O)CC1)(c1ccccc1)n1ncc2c1nc(N)n1nc(-c3ccco3)nc21.C[C@](C(=O)CC1CCS(=O)CC1)(c1ccccc1)n1ncc2c1nc(N)n1nc(-c3ccco3)nc21. The number of furan rings is 2. The monoisotopic (exact) mass is 1010 g/mol. The molecule has 2 fully saturated rings. The normalized spacial score (nSPS) is 20.0. The van der Waals surface area contributed by atoms with Gasteiger partial charge in [-0.25, -0.2) is 19.3 Å². The van der Waals surface area contributed by atoms with Gasteiger partial charge >= 0.3 is 0 Å². The summed E-state index contributed by atoms with van der Waals surface area (Å²) in [6, 6.07) is 26.2. The molecule has 0 spiro atoms. The van der Waals surface area contributed by atoms with Crippen LogP contribution >= 0.6 is 0 Å². The fraction of sp³-hybridized carbons (Fsp3) is 0.320. The molecular weight excluding hydrogens is 957 g/mol. The lowest BCUT2D eigenvalue weighted by Crippen LogP contribution is -2.42. The first-order valence-corrected chi connectivity index (χ1v) is 26.6. The number of hydrogen-bond donors (Lipinski definition) is 2. The Labute approximate surface area is 416 Å². The predicted molar refractivity (Wildman–Crippen MR) is 271 cm³/mol. The van der Waals surface area contributed by atoms with Crippen LogP contribution in [0, 0.1) is 11.8 Å². The van der Waals surface area contributed by atoms with E-state index in [9.17, 15) is 18.0 Å². The van der Waals surface area contributed by atoms with Gasteiger partial charge in [-0.15, -0.1) is 10.2 Å². The summed E-state index contributed by atoms with van der Waals surface area (Å²) in [6.45, 7) is 3.75. The summed E-state index contributed by atoms with van der Waals surface area (Å²) < 4.78 is 40.8. The first kappa shape index (κ1) is 46.7. The molecule has 0 bridgehead atoms. The fourth-order valence-electron chi connectivity index (χ4n) is 9.84. The number of fused-ring (bicyclic) bond motifs is 6. The summed E-state index contributed by atoms with van der Waals surface area (Å²) in [5.74, 6) is 5.04. The van der Waals surface area contributed by atoms with E-state index in [-0.39, 0.29) is 35.3 Å². The smallest absolute Gasteiger partial charge is 0.225 e. The van der Waals surface area contributed by atoms with Crippen molar-refractivity contribution in [3.05, 3.63) is 121 Å². The first-order chi connectivity index (χ1) is 34.9. The van der Waals surface area contributed by atoms with Crippen LogP contribution in [0.4, 0.5) is 11.9 Å². The van der Waals surface area contributed by atoms with Crippen molar-refractivity contribution in [1.29, 1.82) is 0 Å². The number of carbonyl (C=O) groups excluding carboxylic acids is 2. The third-order valence-electron chi connectivity index (χ3n) is 14.1. The molecule has 22 heteroatoms. The van der Waals surface area contributed by atoms with E-state index in [4.69, 9.17) is 20.3 Å². The second-order valence-electron chi connectivity index (χ2n) is 18.5. The molecule has 2 atom stereocenters. The Morgan fingerprint density at radius 3 is 1.32 bits per heavy atom. The van der Waals surface area contributed by atoms with Crippen LogP contribution in [0.3, 0.4) is 0 Å². The van der Waals surface area contributed by atoms with Crippen LogP contribution in [0.5, 0.6) is 0 Å². The molecule has 0 radical (unpaired) electrons. The molecular formula is C50H50N14O6S2. The molecule has 12 rings (SSSR count). The van der Waals surface area contributed by atoms with Crippen LogP contribution in [-0.2, 0) is 42.3 Å². The Kier molecular flexibility index (Phi) is 12.2. The van der Waals surface area contributed by atoms with Crippen LogP contribution in [0.25, 0.3) is 56.5 Å². The first-order valence-electron chi connectivity index (χ1n) is 23.7. The maximum atomic E-state index is 14.0. The van der Waals surface area contributed by atoms with Gasteiger partial charge < -0.3 is 20.3 Å². The van der Waals surface area contributed by atoms with E-state index in [2.05, 4.69) is 40.3 Å². The summed E-state index contributed by atoms with van der Waals surface area (Å²) in [5, 5.41) is 19.5. The topological polar surface area (TPSA) is 268 Å². The Balaban J connectivity index is 0.000000156. The van der Waals surface area contributed by atoms with Crippen molar-refractivity contribution in [2.75, 3.05) is 34.5 Å². The molecule has 20 nitrogen and oxygen atoms in total. The largest absolute Gasteiger partial charge is 0.461 e. The third kappa shape index (κ3) is 8.26. The quantitative estimate of drug-likeness (QED) is 0.134. The number of ketones is 2. The Morgan fingerprint density at radius 2 is 0.958 bits per heavy atom. The van der Waals surface area contributed by atoms with Crippen molar-refractivity contribution in [3.8, 4) is 23.2 Å². The number of rotatable bonds is 12. The van der Waals surface area contributed by atoms with Crippen molar-refractivity contribution >= 4 is 78.4 Å². The molecule has 2 saturated heterocycles. The third-order valence-corrected chi connectivity index (χ3v) is 16.9. The van der Waals surface area contributed by atoms with E-state index < -0.39 is 32.7 Å². The highest BCUT2D eigenvalue weighted by Crippen LogP contribution is 2.37. The molecule has 4 N–H and O–H groups in total. The molecule has 2 aromatic carbocycles. The van der Waals surface area contributed by atoms with Crippen molar-refractivity contribution < 1.29 is 26.8 Å². The van der Waals surface area contributed by atoms with Gasteiger partial charge in [-0.1, -0.05) is 60.7 Å². The maximum Gasteiger partial charge on any atom is 0.225 e. The van der Waals surface area contributed by atoms with Gasteiger partial charge in [-0.2, -0.15) is 29.2 Å². The molecule has 0 unspecified atom stereocenters. The van der Waals surface area contributed by atoms with E-state index in [1.54, 1.807) is 58.5 Å². The number of nitrogens with two attached hydrogens (primary N) is 2. The predicted octanol–water partition coefficient (Wildman–Crippen LogP) is 6.40. The van der Waals surface area contributed by atoms with Crippen LogP contribution < -0.4 is 11.5 Å². The fourth-order valence-corrected chi connectivity index (χ4v) is 12.6. The highest BCUT2D eigenvalue weighted by molar-refractivity contribution is 7.85. The number of anilines is 2. The molecule has 0 aliphatic carbocycles. The number of hydrogen-bond acceptors (Lipinski definition) is 16. The van der Waals surface area contributed by atoms with Crippen molar-refractivity contribution in [1.82, 2.24) is 58.7 Å². The van der Waals surface area contributed by atoms with Crippen molar-refractivity contribution in [3.63, 3.8) is 0 Å². The number of nitrogen functional groups attached to an aromatic ring is 2. The second-order valence-corrected chi connectivity index (χ2v) is 21.9. The summed E-state index contributed by atoms with van der Waals surface area (Å²) in [7, 11) is -1.56. The Bertz CT molecular complexity index is 3410. The van der Waals surface area contributed by atoms with Gasteiger partial charge in [0, 0.05) is 57.5 Å². The van der Waals surface area contributed by atoms with Crippen LogP contribution in [0.15, 0.2) is 119 Å². The number of nitrogens with zero attached hydrogens (tertiary/aromatic N) is 12. The number of benzene rings is 2. The maximum absolute atomic E-state index is 14.0. The number of Topliss-reactive ketones (excluding diaryl/α,β-unsaturated/α-hetero) is 2. The Hall–Kier alpha value is -7.72. The minimum absolute atomic E-state index is 0.0226. The average Bonchev–Trinajstić information content (AvgIpc) is 4.26. The van der Waals surface area contributed by atoms with Crippen LogP contribution in [0.1, 0.15) is 63.5 Å². The summed E-state index contributed by atoms with van der Waals surface area (Å²) in [5.41, 5.74) is 13.8. The lowest BCUT2D eigenvalue weighted by Gasteiger charge is -2.32. The van der Waals surface area contributed by atoms with Gasteiger partial charge in [0.15, 0.2) is 45.7 Å². The van der Waals surface area contributed by atoms with Gasteiger partial charge in [0.1, 0.15) is 11.1 Å². The zero-order valence-electron chi connectivity index (χ0n) is 39.4. The van der Waals surface area contributed by atoms with Gasteiger partial charge in [0.2, 0.25) is 23.5 Å². The molecule has 10 aromatic rings. The molecule has 8 aromatic heterocycles. The number of aromatic nitrogens is 12. The lowest BCUT2D eigenvalue weighted by atomic mass is 9.82. The zero-order valence-corrected chi connectivity index (χ0v) is 41.0. The molecule has 2 aliphatic heterocycles. The molecule has 10 heterocycles. The summed E-state index contributed by atoms with van der Waals surface area (Å²) in [4.78, 5) is 46.5. The molecule has 2 aliphatic rings. The van der Waals surface area contributed by atoms with E-state index in [0.717, 1.165) is 36.8 Å². The van der Waals surface area contributed by atoms with Gasteiger partial charge in [-0.05, 0) is 86.8 Å². The van der Waals surface area contributed by atoms with Crippen LogP contribution in [-0.4, -0.2) is 102 Å². The molecule has 368 valence electrons. The minimum Gasteiger partial charge on any atom is -0.461 e. The number of carbonyl (C=O) groups is 2. The standard InChI is InChI=1S/2C25H25N7O3S/c2*1-25(17-6-3-2-4-7-17,20(33)14-16-9-12-36(34)13-10-16)32-23-18(15-27-32)22-28-21(19-8-5-11-35-19)30-31(22)24(26)29-23/h2*2-8,11,15-16H,9-10,12-14H2,1H3,(H2,26,29)/t2*16?,25-,36?/m11/s1. The highest BCUT2D eigenvalue weighted by Gasteiger charge is 2.42. The van der Waals surface area contributed by atoms with E-state index in [0.29, 0.717) is 92.4 Å². The van der Waals surface area contributed by atoms with Crippen molar-refractivity contribution in [2.45, 2.75) is 63.5 Å². The van der Waals surface area contributed by atoms with Gasteiger partial charge in [0.25, 0.3) is 0 Å². The van der Waals surface area contributed by atoms with Gasteiger partial charge in [0.05, 0.1) is 35.7 Å². The van der Waals surface area contributed by atoms with E-state index >= 15 is 0 Å². The summed E-state index contributed by atoms with van der Waals surface area (Å²) >= 11 is 0. The average molecular weight is 1010 g/mol. The molecule has 0 saturated carbocycles. The molecule has 72 heavy (non-hydrogen) atoms. The zero-order chi connectivity index (χ0) is 49.7. The lowest BCUT2D eigenvalue weighted by molar-refractivity contribution is -0.127. The second kappa shape index (κ2) is 18.8.